The summed E-state index contributed by atoms with van der Waals surface area (Å²) in [4.78, 5) is 15.7. The highest BCUT2D eigenvalue weighted by molar-refractivity contribution is 5.71. The average Bonchev–Trinajstić information content (AvgIpc) is 3.35. The maximum Gasteiger partial charge on any atom is 0.179 e. The van der Waals surface area contributed by atoms with E-state index in [0.29, 0.717) is 11.3 Å². The number of nitrogens with one attached hydrogen (secondary N) is 1. The Morgan fingerprint density at radius 2 is 2.07 bits per heavy atom. The first-order valence-electron chi connectivity index (χ1n) is 9.83. The monoisotopic (exact) mass is 393 g/mol. The topological polar surface area (TPSA) is 109 Å². The summed E-state index contributed by atoms with van der Waals surface area (Å²) in [5, 5.41) is 22.0. The van der Waals surface area contributed by atoms with E-state index in [0.717, 1.165) is 48.9 Å². The van der Waals surface area contributed by atoms with E-state index in [1.807, 2.05) is 18.3 Å². The molecule has 4 aromatic heterocycles. The van der Waals surface area contributed by atoms with E-state index in [1.54, 1.807) is 21.6 Å². The maximum atomic E-state index is 10.5. The van der Waals surface area contributed by atoms with Gasteiger partial charge in [0.15, 0.2) is 11.3 Å². The molecular weight excluding hydrogens is 370 g/mol. The molecule has 5 heterocycles. The van der Waals surface area contributed by atoms with Crippen molar-refractivity contribution in [2.24, 2.45) is 5.92 Å². The average molecular weight is 393 g/mol. The quantitative estimate of drug-likeness (QED) is 0.492. The van der Waals surface area contributed by atoms with Crippen LogP contribution in [0, 0.1) is 5.92 Å². The van der Waals surface area contributed by atoms with Crippen LogP contribution in [0.2, 0.25) is 0 Å². The number of hydrogen-bond donors (Lipinski definition) is 2. The smallest absolute Gasteiger partial charge is 0.179 e. The Morgan fingerprint density at radius 3 is 2.93 bits per heavy atom. The highest BCUT2D eigenvalue weighted by atomic mass is 16.3. The Bertz CT molecular complexity index is 1130. The van der Waals surface area contributed by atoms with Crippen LogP contribution in [0.3, 0.4) is 0 Å². The second-order valence-corrected chi connectivity index (χ2v) is 7.57. The Labute approximate surface area is 167 Å². The molecule has 29 heavy (non-hydrogen) atoms. The number of hydrogen-bond acceptors (Lipinski definition) is 8. The van der Waals surface area contributed by atoms with Gasteiger partial charge in [-0.1, -0.05) is 6.92 Å². The highest BCUT2D eigenvalue weighted by Gasteiger charge is 2.19. The third-order valence-electron chi connectivity index (χ3n) is 5.40. The highest BCUT2D eigenvalue weighted by Crippen LogP contribution is 2.22. The van der Waals surface area contributed by atoms with Crippen LogP contribution in [-0.4, -0.2) is 58.8 Å². The zero-order valence-corrected chi connectivity index (χ0v) is 16.2. The second kappa shape index (κ2) is 7.28. The first kappa shape index (κ1) is 17.8. The molecule has 1 unspecified atom stereocenters. The predicted molar refractivity (Wildman–Crippen MR) is 109 cm³/mol. The summed E-state index contributed by atoms with van der Waals surface area (Å²) in [6.45, 7) is 4.52. The van der Waals surface area contributed by atoms with Crippen molar-refractivity contribution in [3.8, 4) is 0 Å². The van der Waals surface area contributed by atoms with Gasteiger partial charge in [0, 0.05) is 31.0 Å². The molecule has 0 aromatic carbocycles. The number of aliphatic hydroxyl groups is 1. The van der Waals surface area contributed by atoms with Gasteiger partial charge in [0.25, 0.3) is 0 Å². The summed E-state index contributed by atoms with van der Waals surface area (Å²) in [7, 11) is 0. The third kappa shape index (κ3) is 3.58. The normalized spacial score (nSPS) is 16.6. The Morgan fingerprint density at radius 1 is 1.21 bits per heavy atom. The Balaban J connectivity index is 1.33. The molecule has 1 fully saturated rings. The minimum Gasteiger partial charge on any atom is -0.372 e. The molecule has 1 saturated heterocycles. The van der Waals surface area contributed by atoms with Crippen LogP contribution in [0.1, 0.15) is 19.8 Å². The summed E-state index contributed by atoms with van der Waals surface area (Å²) in [5.41, 5.74) is 2.85. The molecule has 0 amide bonds. The molecule has 1 atom stereocenters. The number of anilines is 2. The zero-order chi connectivity index (χ0) is 19.8. The number of rotatable bonds is 5. The molecule has 2 N–H and O–H groups in total. The number of piperidine rings is 1. The molecule has 150 valence electrons. The minimum absolute atomic E-state index is 0.247. The van der Waals surface area contributed by atoms with Gasteiger partial charge in [-0.3, -0.25) is 0 Å². The summed E-state index contributed by atoms with van der Waals surface area (Å²) < 4.78 is 3.35. The van der Waals surface area contributed by atoms with Crippen LogP contribution in [-0.2, 0) is 6.54 Å². The van der Waals surface area contributed by atoms with Gasteiger partial charge in [0.2, 0.25) is 0 Å². The Kier molecular flexibility index (Phi) is 4.47. The van der Waals surface area contributed by atoms with Crippen molar-refractivity contribution < 1.29 is 5.11 Å². The molecule has 10 nitrogen and oxygen atoms in total. The lowest BCUT2D eigenvalue weighted by atomic mass is 9.99. The van der Waals surface area contributed by atoms with Crippen molar-refractivity contribution >= 4 is 28.3 Å². The van der Waals surface area contributed by atoms with Crippen LogP contribution in [0.25, 0.3) is 16.8 Å². The molecule has 0 saturated carbocycles. The van der Waals surface area contributed by atoms with Gasteiger partial charge in [0.05, 0.1) is 18.9 Å². The second-order valence-electron chi connectivity index (χ2n) is 7.57. The van der Waals surface area contributed by atoms with E-state index in [1.165, 1.54) is 6.33 Å². The van der Waals surface area contributed by atoms with Gasteiger partial charge >= 0.3 is 0 Å². The third-order valence-corrected chi connectivity index (χ3v) is 5.40. The van der Waals surface area contributed by atoms with Crippen LogP contribution in [0.15, 0.2) is 37.1 Å². The Hall–Kier alpha value is -3.27. The molecular formula is C19H23N9O. The SMILES string of the molecule is CC1CCN(c2cnc3cnn(CC(O)Nc4ccn5ncnc5c4)c3n2)CC1. The van der Waals surface area contributed by atoms with Crippen molar-refractivity contribution in [1.29, 1.82) is 0 Å². The van der Waals surface area contributed by atoms with Crippen molar-refractivity contribution in [3.63, 3.8) is 0 Å². The largest absolute Gasteiger partial charge is 0.372 e. The van der Waals surface area contributed by atoms with E-state index in [9.17, 15) is 5.11 Å². The molecule has 10 heteroatoms. The first-order valence-corrected chi connectivity index (χ1v) is 9.83. The number of nitrogens with zero attached hydrogens (tertiary/aromatic N) is 8. The molecule has 1 aliphatic rings. The van der Waals surface area contributed by atoms with Crippen LogP contribution >= 0.6 is 0 Å². The van der Waals surface area contributed by atoms with Gasteiger partial charge in [-0.05, 0) is 24.8 Å². The lowest BCUT2D eigenvalue weighted by Crippen LogP contribution is -2.33. The minimum atomic E-state index is -0.843. The van der Waals surface area contributed by atoms with E-state index in [4.69, 9.17) is 4.98 Å². The summed E-state index contributed by atoms with van der Waals surface area (Å²) in [6, 6.07) is 3.66. The van der Waals surface area contributed by atoms with E-state index < -0.39 is 6.23 Å². The van der Waals surface area contributed by atoms with Gasteiger partial charge in [0.1, 0.15) is 23.9 Å². The number of aliphatic hydroxyl groups excluding tert-OH is 1. The summed E-state index contributed by atoms with van der Waals surface area (Å²) in [6.07, 6.45) is 8.26. The van der Waals surface area contributed by atoms with Crippen molar-refractivity contribution in [3.05, 3.63) is 37.1 Å². The fraction of sp³-hybridized carbons (Fsp3) is 0.421. The fourth-order valence-electron chi connectivity index (χ4n) is 3.67. The van der Waals surface area contributed by atoms with Gasteiger partial charge < -0.3 is 15.3 Å². The lowest BCUT2D eigenvalue weighted by Gasteiger charge is -2.30. The van der Waals surface area contributed by atoms with Crippen LogP contribution in [0.5, 0.6) is 0 Å². The molecule has 0 spiro atoms. The van der Waals surface area contributed by atoms with Crippen LogP contribution < -0.4 is 10.2 Å². The molecule has 5 rings (SSSR count). The number of aromatic nitrogens is 7. The van der Waals surface area contributed by atoms with Crippen molar-refractivity contribution in [1.82, 2.24) is 34.3 Å². The number of pyridine rings is 1. The van der Waals surface area contributed by atoms with E-state index >= 15 is 0 Å². The summed E-state index contributed by atoms with van der Waals surface area (Å²) in [5.74, 6) is 1.62. The summed E-state index contributed by atoms with van der Waals surface area (Å²) >= 11 is 0. The maximum absolute atomic E-state index is 10.5. The van der Waals surface area contributed by atoms with Gasteiger partial charge in [-0.2, -0.15) is 10.2 Å². The first-order chi connectivity index (χ1) is 14.2. The van der Waals surface area contributed by atoms with Crippen LogP contribution in [0.4, 0.5) is 11.5 Å². The van der Waals surface area contributed by atoms with Crippen molar-refractivity contribution in [2.45, 2.75) is 32.5 Å². The molecule has 4 aromatic rings. The van der Waals surface area contributed by atoms with E-state index in [-0.39, 0.29) is 6.54 Å². The van der Waals surface area contributed by atoms with Gasteiger partial charge in [-0.25, -0.2) is 24.1 Å². The lowest BCUT2D eigenvalue weighted by molar-refractivity contribution is 0.178. The van der Waals surface area contributed by atoms with E-state index in [2.05, 4.69) is 37.3 Å². The zero-order valence-electron chi connectivity index (χ0n) is 16.2. The molecule has 0 bridgehead atoms. The fourth-order valence-corrected chi connectivity index (χ4v) is 3.67. The molecule has 1 aliphatic heterocycles. The molecule has 0 aliphatic carbocycles. The van der Waals surface area contributed by atoms with Crippen molar-refractivity contribution in [2.75, 3.05) is 23.3 Å². The number of fused-ring (bicyclic) bond motifs is 2. The standard InChI is InChI=1S/C19H23N9O/c1-13-2-5-26(6-3-13)17-10-20-15-9-22-28(19(15)25-17)11-18(29)24-14-4-7-27-16(8-14)21-12-23-27/h4,7-10,12-13,18,24,29H,2-3,5-6,11H2,1H3. The van der Waals surface area contributed by atoms with Gasteiger partial charge in [-0.15, -0.1) is 0 Å². The molecule has 0 radical (unpaired) electrons. The predicted octanol–water partition coefficient (Wildman–Crippen LogP) is 1.54.